The number of halogens is 3. The first kappa shape index (κ1) is 18.8. The number of hydrogen-bond acceptors (Lipinski definition) is 4. The molecule has 1 aromatic carbocycles. The van der Waals surface area contributed by atoms with Crippen LogP contribution in [0.15, 0.2) is 18.2 Å². The van der Waals surface area contributed by atoms with E-state index in [2.05, 4.69) is 0 Å². The van der Waals surface area contributed by atoms with E-state index in [-0.39, 0.29) is 29.7 Å². The summed E-state index contributed by atoms with van der Waals surface area (Å²) in [7, 11) is 0. The smallest absolute Gasteiger partial charge is 0.471 e. The summed E-state index contributed by atoms with van der Waals surface area (Å²) in [6.07, 6.45) is -4.54. The van der Waals surface area contributed by atoms with Crippen LogP contribution < -0.4 is 10.1 Å². The fourth-order valence-corrected chi connectivity index (χ4v) is 1.58. The van der Waals surface area contributed by atoms with Crippen molar-refractivity contribution in [1.29, 1.82) is 0 Å². The topological polar surface area (TPSA) is 64.6 Å². The van der Waals surface area contributed by atoms with Crippen LogP contribution in [0.5, 0.6) is 5.75 Å². The lowest BCUT2D eigenvalue weighted by Gasteiger charge is -2.17. The Morgan fingerprint density at radius 3 is 2.43 bits per heavy atom. The van der Waals surface area contributed by atoms with Gasteiger partial charge in [0.05, 0.1) is 12.7 Å². The van der Waals surface area contributed by atoms with Crippen molar-refractivity contribution in [2.75, 3.05) is 11.9 Å². The van der Waals surface area contributed by atoms with Gasteiger partial charge in [-0.3, -0.25) is 4.79 Å². The second-order valence-electron chi connectivity index (χ2n) is 4.72. The lowest BCUT2D eigenvalue weighted by Crippen LogP contribution is -2.30. The van der Waals surface area contributed by atoms with Crippen LogP contribution in [0.1, 0.15) is 37.6 Å². The number of carbonyl (C=O) groups excluding carboxylic acids is 2. The van der Waals surface area contributed by atoms with Crippen molar-refractivity contribution in [3.8, 4) is 5.75 Å². The standard InChI is InChI=1S/C15H18F3NO4/c1-4-9(3)23-12-7-6-10(19-14(21)15(16,17)18)8-11(12)13(20)22-5-2/h6-9H,4-5H2,1-3H3,(H,19,21)/t9-/m0/s1. The third kappa shape index (κ3) is 5.46. The van der Waals surface area contributed by atoms with Crippen molar-refractivity contribution in [3.05, 3.63) is 23.8 Å². The molecule has 0 heterocycles. The molecule has 128 valence electrons. The van der Waals surface area contributed by atoms with E-state index in [1.165, 1.54) is 12.1 Å². The molecule has 0 saturated carbocycles. The fraction of sp³-hybridized carbons (Fsp3) is 0.467. The molecule has 0 spiro atoms. The second-order valence-corrected chi connectivity index (χ2v) is 4.72. The zero-order valence-corrected chi connectivity index (χ0v) is 13.0. The number of rotatable bonds is 6. The highest BCUT2D eigenvalue weighted by molar-refractivity contribution is 5.98. The molecule has 1 amide bonds. The zero-order valence-electron chi connectivity index (χ0n) is 13.0. The van der Waals surface area contributed by atoms with E-state index in [1.807, 2.05) is 6.92 Å². The average Bonchev–Trinajstić information content (AvgIpc) is 2.47. The maximum absolute atomic E-state index is 12.3. The highest BCUT2D eigenvalue weighted by Crippen LogP contribution is 2.26. The van der Waals surface area contributed by atoms with Gasteiger partial charge in [0.15, 0.2) is 0 Å². The molecule has 1 N–H and O–H groups in total. The number of amides is 1. The zero-order chi connectivity index (χ0) is 17.6. The van der Waals surface area contributed by atoms with E-state index in [0.717, 1.165) is 6.07 Å². The van der Waals surface area contributed by atoms with Crippen LogP contribution in [0.2, 0.25) is 0 Å². The molecule has 23 heavy (non-hydrogen) atoms. The van der Waals surface area contributed by atoms with E-state index < -0.39 is 18.1 Å². The van der Waals surface area contributed by atoms with Crippen molar-refractivity contribution in [3.63, 3.8) is 0 Å². The minimum Gasteiger partial charge on any atom is -0.490 e. The number of nitrogens with one attached hydrogen (secondary N) is 1. The molecule has 0 saturated heterocycles. The largest absolute Gasteiger partial charge is 0.490 e. The van der Waals surface area contributed by atoms with E-state index in [1.54, 1.807) is 19.2 Å². The quantitative estimate of drug-likeness (QED) is 0.809. The monoisotopic (exact) mass is 333 g/mol. The van der Waals surface area contributed by atoms with Crippen molar-refractivity contribution >= 4 is 17.6 Å². The van der Waals surface area contributed by atoms with E-state index >= 15 is 0 Å². The van der Waals surface area contributed by atoms with Gasteiger partial charge in [0, 0.05) is 5.69 Å². The van der Waals surface area contributed by atoms with Gasteiger partial charge < -0.3 is 14.8 Å². The average molecular weight is 333 g/mol. The Kier molecular flexibility index (Phi) is 6.41. The van der Waals surface area contributed by atoms with E-state index in [4.69, 9.17) is 9.47 Å². The molecule has 0 aromatic heterocycles. The van der Waals surface area contributed by atoms with E-state index in [9.17, 15) is 22.8 Å². The molecule has 0 unspecified atom stereocenters. The van der Waals surface area contributed by atoms with E-state index in [0.29, 0.717) is 6.42 Å². The summed E-state index contributed by atoms with van der Waals surface area (Å²) in [5.41, 5.74) is -0.223. The molecular formula is C15H18F3NO4. The first-order chi connectivity index (χ1) is 10.7. The number of anilines is 1. The van der Waals surface area contributed by atoms with Crippen LogP contribution in [0.25, 0.3) is 0 Å². The van der Waals surface area contributed by atoms with Crippen LogP contribution in [-0.2, 0) is 9.53 Å². The number of carbonyl (C=O) groups is 2. The molecule has 0 bridgehead atoms. The predicted octanol–water partition coefficient (Wildman–Crippen LogP) is 3.54. The second kappa shape index (κ2) is 7.85. The minimum atomic E-state index is -5.02. The molecule has 0 aliphatic heterocycles. The first-order valence-electron chi connectivity index (χ1n) is 7.05. The van der Waals surface area contributed by atoms with Gasteiger partial charge in [-0.25, -0.2) is 4.79 Å². The summed E-state index contributed by atoms with van der Waals surface area (Å²) in [5, 5.41) is 1.69. The Morgan fingerprint density at radius 2 is 1.91 bits per heavy atom. The normalized spacial score (nSPS) is 12.4. The molecule has 0 aliphatic rings. The number of ether oxygens (including phenoxy) is 2. The van der Waals surface area contributed by atoms with Gasteiger partial charge in [0.2, 0.25) is 0 Å². The van der Waals surface area contributed by atoms with Crippen LogP contribution in [-0.4, -0.2) is 30.8 Å². The summed E-state index contributed by atoms with van der Waals surface area (Å²) < 4.78 is 47.3. The van der Waals surface area contributed by atoms with Gasteiger partial charge in [0.1, 0.15) is 11.3 Å². The van der Waals surface area contributed by atoms with Gasteiger partial charge >= 0.3 is 18.1 Å². The van der Waals surface area contributed by atoms with Crippen LogP contribution in [0.4, 0.5) is 18.9 Å². The lowest BCUT2D eigenvalue weighted by molar-refractivity contribution is -0.167. The van der Waals surface area contributed by atoms with Crippen LogP contribution in [0, 0.1) is 0 Å². The summed E-state index contributed by atoms with van der Waals surface area (Å²) in [5.74, 6) is -2.68. The first-order valence-corrected chi connectivity index (χ1v) is 7.05. The molecule has 1 atom stereocenters. The van der Waals surface area contributed by atoms with Crippen molar-refractivity contribution in [2.45, 2.75) is 39.5 Å². The number of alkyl halides is 3. The van der Waals surface area contributed by atoms with Gasteiger partial charge in [-0.1, -0.05) is 6.92 Å². The van der Waals surface area contributed by atoms with Crippen molar-refractivity contribution < 1.29 is 32.2 Å². The SMILES string of the molecule is CCOC(=O)c1cc(NC(=O)C(F)(F)F)ccc1O[C@@H](C)CC. The Bertz CT molecular complexity index is 572. The summed E-state index contributed by atoms with van der Waals surface area (Å²) in [6.45, 7) is 5.37. The fourth-order valence-electron chi connectivity index (χ4n) is 1.58. The molecule has 1 aromatic rings. The van der Waals surface area contributed by atoms with Gasteiger partial charge in [-0.15, -0.1) is 0 Å². The van der Waals surface area contributed by atoms with Crippen LogP contribution in [0.3, 0.4) is 0 Å². The van der Waals surface area contributed by atoms with Gasteiger partial charge in [-0.05, 0) is 38.5 Å². The third-order valence-electron chi connectivity index (χ3n) is 2.89. The Labute approximate surface area is 131 Å². The summed E-state index contributed by atoms with van der Waals surface area (Å²) in [4.78, 5) is 22.9. The summed E-state index contributed by atoms with van der Waals surface area (Å²) >= 11 is 0. The molecule has 5 nitrogen and oxygen atoms in total. The molecule has 0 radical (unpaired) electrons. The highest BCUT2D eigenvalue weighted by atomic mass is 19.4. The number of hydrogen-bond donors (Lipinski definition) is 1. The lowest BCUT2D eigenvalue weighted by atomic mass is 10.1. The third-order valence-corrected chi connectivity index (χ3v) is 2.89. The molecule has 0 fully saturated rings. The maximum atomic E-state index is 12.3. The maximum Gasteiger partial charge on any atom is 0.471 e. The number of esters is 1. The Balaban J connectivity index is 3.11. The van der Waals surface area contributed by atoms with Crippen molar-refractivity contribution in [2.24, 2.45) is 0 Å². The van der Waals surface area contributed by atoms with Gasteiger partial charge in [-0.2, -0.15) is 13.2 Å². The number of benzene rings is 1. The highest BCUT2D eigenvalue weighted by Gasteiger charge is 2.38. The molecular weight excluding hydrogens is 315 g/mol. The summed E-state index contributed by atoms with van der Waals surface area (Å²) in [6, 6.07) is 3.65. The molecule has 1 rings (SSSR count). The predicted molar refractivity (Wildman–Crippen MR) is 77.5 cm³/mol. The van der Waals surface area contributed by atoms with Gasteiger partial charge in [0.25, 0.3) is 0 Å². The molecule has 8 heteroatoms. The Morgan fingerprint density at radius 1 is 1.26 bits per heavy atom. The van der Waals surface area contributed by atoms with Crippen LogP contribution >= 0.6 is 0 Å². The molecule has 0 aliphatic carbocycles. The minimum absolute atomic E-state index is 0.0490. The Hall–Kier alpha value is -2.25. The van der Waals surface area contributed by atoms with Crippen molar-refractivity contribution in [1.82, 2.24) is 0 Å².